The van der Waals surface area contributed by atoms with Gasteiger partial charge < -0.3 is 5.32 Å². The van der Waals surface area contributed by atoms with E-state index in [0.717, 1.165) is 37.8 Å². The number of nitrogens with zero attached hydrogens (tertiary/aromatic N) is 3. The van der Waals surface area contributed by atoms with Crippen molar-refractivity contribution in [2.75, 3.05) is 0 Å². The maximum atomic E-state index is 12.9. The fourth-order valence-corrected chi connectivity index (χ4v) is 6.62. The Bertz CT molecular complexity index is 944. The van der Waals surface area contributed by atoms with Crippen molar-refractivity contribution in [1.82, 2.24) is 20.3 Å². The Hall–Kier alpha value is -2.63. The first kappa shape index (κ1) is 18.4. The first-order valence-corrected chi connectivity index (χ1v) is 10.5. The predicted octanol–water partition coefficient (Wildman–Crippen LogP) is 3.52. The minimum Gasteiger partial charge on any atom is -0.344 e. The second-order valence-corrected chi connectivity index (χ2v) is 9.53. The monoisotopic (exact) mass is 390 g/mol. The van der Waals surface area contributed by atoms with Gasteiger partial charge in [0.2, 0.25) is 5.82 Å². The molecule has 0 aromatic carbocycles. The molecule has 0 saturated heterocycles. The van der Waals surface area contributed by atoms with Gasteiger partial charge >= 0.3 is 0 Å². The molecule has 6 heteroatoms. The number of amides is 1. The van der Waals surface area contributed by atoms with Crippen molar-refractivity contribution in [3.05, 3.63) is 53.9 Å². The van der Waals surface area contributed by atoms with Gasteiger partial charge in [0, 0.05) is 30.0 Å². The van der Waals surface area contributed by atoms with E-state index in [1.54, 1.807) is 24.5 Å². The molecule has 2 aromatic rings. The van der Waals surface area contributed by atoms with E-state index in [9.17, 15) is 9.59 Å². The van der Waals surface area contributed by atoms with E-state index in [0.29, 0.717) is 24.0 Å². The Labute approximate surface area is 170 Å². The molecule has 4 aliphatic carbocycles. The first-order valence-electron chi connectivity index (χ1n) is 10.5. The normalized spacial score (nSPS) is 32.2. The first-order chi connectivity index (χ1) is 13.9. The van der Waals surface area contributed by atoms with Gasteiger partial charge in [-0.3, -0.25) is 14.6 Å². The summed E-state index contributed by atoms with van der Waals surface area (Å²) in [5, 5.41) is 3.31. The van der Waals surface area contributed by atoms with E-state index in [1.807, 2.05) is 19.1 Å². The minimum absolute atomic E-state index is 0.0283. The second kappa shape index (κ2) is 6.71. The van der Waals surface area contributed by atoms with Crippen LogP contribution in [0.15, 0.2) is 36.7 Å². The molecule has 2 atom stereocenters. The van der Waals surface area contributed by atoms with Crippen LogP contribution in [0.4, 0.5) is 0 Å². The van der Waals surface area contributed by atoms with Crippen molar-refractivity contribution in [3.63, 3.8) is 0 Å². The molecule has 4 aliphatic rings. The van der Waals surface area contributed by atoms with Gasteiger partial charge in [-0.25, -0.2) is 9.97 Å². The molecule has 1 amide bonds. The van der Waals surface area contributed by atoms with E-state index in [4.69, 9.17) is 0 Å². The largest absolute Gasteiger partial charge is 0.344 e. The molecule has 0 spiro atoms. The molecule has 0 aliphatic heterocycles. The molecular weight excluding hydrogens is 364 g/mol. The molecule has 2 aromatic heterocycles. The molecule has 2 unspecified atom stereocenters. The number of aromatic nitrogens is 3. The number of nitrogens with one attached hydrogen (secondary N) is 1. The third kappa shape index (κ3) is 3.45. The van der Waals surface area contributed by atoms with Crippen molar-refractivity contribution >= 4 is 11.7 Å². The molecule has 4 bridgehead atoms. The number of carbonyl (C=O) groups is 2. The summed E-state index contributed by atoms with van der Waals surface area (Å²) in [6.07, 6.45) is 10.1. The number of pyridine rings is 1. The van der Waals surface area contributed by atoms with Crippen LogP contribution in [-0.4, -0.2) is 32.2 Å². The van der Waals surface area contributed by atoms with Gasteiger partial charge in [-0.2, -0.15) is 0 Å². The third-order valence-corrected chi connectivity index (χ3v) is 7.04. The fourth-order valence-electron chi connectivity index (χ4n) is 6.62. The van der Waals surface area contributed by atoms with Crippen molar-refractivity contribution in [3.8, 4) is 0 Å². The molecule has 4 fully saturated rings. The highest BCUT2D eigenvalue weighted by atomic mass is 16.2. The highest BCUT2D eigenvalue weighted by Crippen LogP contribution is 2.63. The van der Waals surface area contributed by atoms with Gasteiger partial charge in [0.05, 0.1) is 0 Å². The van der Waals surface area contributed by atoms with Crippen LogP contribution >= 0.6 is 0 Å². The highest BCUT2D eigenvalue weighted by molar-refractivity contribution is 5.94. The van der Waals surface area contributed by atoms with Gasteiger partial charge in [-0.1, -0.05) is 6.07 Å². The predicted molar refractivity (Wildman–Crippen MR) is 107 cm³/mol. The summed E-state index contributed by atoms with van der Waals surface area (Å²) in [7, 11) is 0. The number of rotatable bonds is 5. The molecule has 0 radical (unpaired) electrons. The summed E-state index contributed by atoms with van der Waals surface area (Å²) < 4.78 is 0. The van der Waals surface area contributed by atoms with Crippen LogP contribution in [0, 0.1) is 24.2 Å². The number of carbonyl (C=O) groups excluding carboxylic acids is 2. The zero-order chi connectivity index (χ0) is 20.1. The molecule has 2 heterocycles. The van der Waals surface area contributed by atoms with Crippen molar-refractivity contribution in [1.29, 1.82) is 0 Å². The van der Waals surface area contributed by atoms with Crippen LogP contribution in [0.1, 0.15) is 71.7 Å². The van der Waals surface area contributed by atoms with Crippen molar-refractivity contribution < 1.29 is 9.59 Å². The zero-order valence-corrected chi connectivity index (χ0v) is 16.7. The smallest absolute Gasteiger partial charge is 0.289 e. The highest BCUT2D eigenvalue weighted by Gasteiger charge is 2.58. The fraction of sp³-hybridized carbons (Fsp3) is 0.522. The SMILES string of the molecule is Cc1ccnc(C(=O)NC23CC4CC(CC(CC(=O)c5ccccn5)(C4)C2)C3)n1. The molecular formula is C23H26N4O2. The van der Waals surface area contributed by atoms with Gasteiger partial charge in [0.15, 0.2) is 5.78 Å². The average molecular weight is 390 g/mol. The van der Waals surface area contributed by atoms with E-state index in [-0.39, 0.29) is 28.5 Å². The Morgan fingerprint density at radius 1 is 1.07 bits per heavy atom. The van der Waals surface area contributed by atoms with E-state index in [1.165, 1.54) is 6.42 Å². The van der Waals surface area contributed by atoms with Crippen LogP contribution < -0.4 is 5.32 Å². The van der Waals surface area contributed by atoms with Crippen LogP contribution in [0.5, 0.6) is 0 Å². The number of ketones is 1. The average Bonchev–Trinajstić information content (AvgIpc) is 2.67. The standard InChI is InChI=1S/C23H26N4O2/c1-15-5-7-25-20(26-15)21(29)27-23-11-16-8-17(12-23)10-22(9-16,14-23)13-19(28)18-4-2-3-6-24-18/h2-7,16-17H,8-14H2,1H3,(H,27,29). The molecule has 1 N–H and O–H groups in total. The maximum Gasteiger partial charge on any atom is 0.289 e. The van der Waals surface area contributed by atoms with Gasteiger partial charge in [0.1, 0.15) is 5.69 Å². The van der Waals surface area contributed by atoms with E-state index in [2.05, 4.69) is 20.3 Å². The molecule has 4 saturated carbocycles. The lowest BCUT2D eigenvalue weighted by Gasteiger charge is -2.62. The quantitative estimate of drug-likeness (QED) is 0.790. The van der Waals surface area contributed by atoms with Crippen LogP contribution in [0.3, 0.4) is 0 Å². The second-order valence-electron chi connectivity index (χ2n) is 9.53. The maximum absolute atomic E-state index is 12.9. The summed E-state index contributed by atoms with van der Waals surface area (Å²) in [5.41, 5.74) is 1.07. The van der Waals surface area contributed by atoms with E-state index >= 15 is 0 Å². The van der Waals surface area contributed by atoms with Gasteiger partial charge in [-0.05, 0) is 80.9 Å². The lowest BCUT2D eigenvalue weighted by molar-refractivity contribution is -0.0772. The van der Waals surface area contributed by atoms with Gasteiger partial charge in [-0.15, -0.1) is 0 Å². The number of hydrogen-bond donors (Lipinski definition) is 1. The summed E-state index contributed by atoms with van der Waals surface area (Å²) in [6.45, 7) is 1.86. The topological polar surface area (TPSA) is 84.8 Å². The van der Waals surface area contributed by atoms with Crippen molar-refractivity contribution in [2.24, 2.45) is 17.3 Å². The summed E-state index contributed by atoms with van der Waals surface area (Å²) in [5.74, 6) is 1.32. The molecule has 150 valence electrons. The molecule has 29 heavy (non-hydrogen) atoms. The number of hydrogen-bond acceptors (Lipinski definition) is 5. The van der Waals surface area contributed by atoms with E-state index < -0.39 is 0 Å². The summed E-state index contributed by atoms with van der Waals surface area (Å²) in [6, 6.07) is 7.29. The Morgan fingerprint density at radius 3 is 2.55 bits per heavy atom. The van der Waals surface area contributed by atoms with Crippen LogP contribution in [0.2, 0.25) is 0 Å². The lowest BCUT2D eigenvalue weighted by atomic mass is 9.46. The Morgan fingerprint density at radius 2 is 1.86 bits per heavy atom. The summed E-state index contributed by atoms with van der Waals surface area (Å²) >= 11 is 0. The van der Waals surface area contributed by atoms with Gasteiger partial charge in [0.25, 0.3) is 5.91 Å². The van der Waals surface area contributed by atoms with Crippen LogP contribution in [0.25, 0.3) is 0 Å². The lowest BCUT2D eigenvalue weighted by Crippen LogP contribution is -2.63. The van der Waals surface area contributed by atoms with Crippen molar-refractivity contribution in [2.45, 2.75) is 57.4 Å². The zero-order valence-electron chi connectivity index (χ0n) is 16.7. The summed E-state index contributed by atoms with van der Waals surface area (Å²) in [4.78, 5) is 38.6. The Kier molecular flexibility index (Phi) is 4.26. The third-order valence-electron chi connectivity index (χ3n) is 7.04. The van der Waals surface area contributed by atoms with Crippen LogP contribution in [-0.2, 0) is 0 Å². The number of Topliss-reactive ketones (excluding diaryl/α,β-unsaturated/α-hetero) is 1. The Balaban J connectivity index is 1.38. The minimum atomic E-state index is -0.237. The number of aryl methyl sites for hydroxylation is 1. The molecule has 6 nitrogen and oxygen atoms in total. The molecule has 6 rings (SSSR count).